The van der Waals surface area contributed by atoms with Crippen LogP contribution in [-0.2, 0) is 4.74 Å². The predicted molar refractivity (Wildman–Crippen MR) is 81.1 cm³/mol. The molecule has 6 heteroatoms. The van der Waals surface area contributed by atoms with Gasteiger partial charge in [-0.15, -0.1) is 0 Å². The SMILES string of the molecule is Cc1ccc(C#N)cc1C(O)C(O)CNC(=O)OC(C)(C)C. The zero-order valence-electron chi connectivity index (χ0n) is 13.3. The Morgan fingerprint density at radius 3 is 2.59 bits per heavy atom. The lowest BCUT2D eigenvalue weighted by Gasteiger charge is -2.23. The van der Waals surface area contributed by atoms with Gasteiger partial charge in [-0.05, 0) is 51.0 Å². The molecule has 0 saturated heterocycles. The third-order valence-electron chi connectivity index (χ3n) is 2.95. The fourth-order valence-corrected chi connectivity index (χ4v) is 1.85. The highest BCUT2D eigenvalue weighted by atomic mass is 16.6. The Bertz CT molecular complexity index is 572. The number of aliphatic hydroxyl groups excluding tert-OH is 2. The van der Waals surface area contributed by atoms with Gasteiger partial charge in [0.05, 0.1) is 11.6 Å². The maximum Gasteiger partial charge on any atom is 0.407 e. The standard InChI is InChI=1S/C16H22N2O4/c1-10-5-6-11(8-17)7-12(10)14(20)13(19)9-18-15(21)22-16(2,3)4/h5-7,13-14,19-20H,9H2,1-4H3,(H,18,21). The Labute approximate surface area is 130 Å². The van der Waals surface area contributed by atoms with Gasteiger partial charge in [0.15, 0.2) is 0 Å². The van der Waals surface area contributed by atoms with E-state index in [0.29, 0.717) is 11.1 Å². The van der Waals surface area contributed by atoms with Crippen molar-refractivity contribution in [3.05, 3.63) is 34.9 Å². The van der Waals surface area contributed by atoms with Gasteiger partial charge in [-0.3, -0.25) is 0 Å². The van der Waals surface area contributed by atoms with Crippen molar-refractivity contribution in [1.82, 2.24) is 5.32 Å². The monoisotopic (exact) mass is 306 g/mol. The lowest BCUT2D eigenvalue weighted by Crippen LogP contribution is -2.39. The molecule has 0 saturated carbocycles. The molecule has 0 fully saturated rings. The van der Waals surface area contributed by atoms with Crippen molar-refractivity contribution in [3.63, 3.8) is 0 Å². The van der Waals surface area contributed by atoms with Crippen LogP contribution in [0.25, 0.3) is 0 Å². The maximum absolute atomic E-state index is 11.5. The number of nitrogens with one attached hydrogen (secondary N) is 1. The van der Waals surface area contributed by atoms with Crippen molar-refractivity contribution >= 4 is 6.09 Å². The molecule has 2 atom stereocenters. The highest BCUT2D eigenvalue weighted by molar-refractivity contribution is 5.67. The van der Waals surface area contributed by atoms with Crippen LogP contribution in [0.1, 0.15) is 43.6 Å². The van der Waals surface area contributed by atoms with E-state index in [1.807, 2.05) is 6.07 Å². The van der Waals surface area contributed by atoms with Crippen molar-refractivity contribution in [2.45, 2.75) is 45.5 Å². The summed E-state index contributed by atoms with van der Waals surface area (Å²) in [6.07, 6.45) is -3.08. The molecule has 0 aliphatic heterocycles. The minimum atomic E-state index is -1.21. The molecule has 0 aliphatic rings. The van der Waals surface area contributed by atoms with Gasteiger partial charge in [-0.2, -0.15) is 5.26 Å². The molecule has 0 aromatic heterocycles. The summed E-state index contributed by atoms with van der Waals surface area (Å²) in [4.78, 5) is 11.5. The fourth-order valence-electron chi connectivity index (χ4n) is 1.85. The highest BCUT2D eigenvalue weighted by Gasteiger charge is 2.22. The van der Waals surface area contributed by atoms with Crippen LogP contribution in [0.3, 0.4) is 0 Å². The largest absolute Gasteiger partial charge is 0.444 e. The molecular weight excluding hydrogens is 284 g/mol. The van der Waals surface area contributed by atoms with Crippen LogP contribution in [-0.4, -0.2) is 34.6 Å². The molecule has 22 heavy (non-hydrogen) atoms. The second-order valence-corrected chi connectivity index (χ2v) is 6.08. The number of hydrogen-bond acceptors (Lipinski definition) is 5. The quantitative estimate of drug-likeness (QED) is 0.787. The number of alkyl carbamates (subject to hydrolysis) is 1. The zero-order valence-corrected chi connectivity index (χ0v) is 13.3. The number of carbonyl (C=O) groups excluding carboxylic acids is 1. The van der Waals surface area contributed by atoms with Crippen LogP contribution in [0.2, 0.25) is 0 Å². The molecule has 0 heterocycles. The van der Waals surface area contributed by atoms with Crippen molar-refractivity contribution in [1.29, 1.82) is 5.26 Å². The van der Waals surface area contributed by atoms with Crippen LogP contribution in [0.15, 0.2) is 18.2 Å². The summed E-state index contributed by atoms with van der Waals surface area (Å²) in [6, 6.07) is 6.84. The topological polar surface area (TPSA) is 103 Å². The number of aliphatic hydroxyl groups is 2. The van der Waals surface area contributed by atoms with E-state index in [-0.39, 0.29) is 6.54 Å². The fraction of sp³-hybridized carbons (Fsp3) is 0.500. The summed E-state index contributed by atoms with van der Waals surface area (Å²) in [5, 5.41) is 31.5. The van der Waals surface area contributed by atoms with Crippen LogP contribution in [0.5, 0.6) is 0 Å². The van der Waals surface area contributed by atoms with Crippen LogP contribution in [0, 0.1) is 18.3 Å². The van der Waals surface area contributed by atoms with Crippen LogP contribution >= 0.6 is 0 Å². The smallest absolute Gasteiger partial charge is 0.407 e. The first kappa shape index (κ1) is 18.0. The number of aryl methyl sites for hydroxylation is 1. The molecule has 1 amide bonds. The average molecular weight is 306 g/mol. The van der Waals surface area contributed by atoms with Gasteiger partial charge in [0.2, 0.25) is 0 Å². The third-order valence-corrected chi connectivity index (χ3v) is 2.95. The third kappa shape index (κ3) is 5.35. The number of carbonyl (C=O) groups is 1. The summed E-state index contributed by atoms with van der Waals surface area (Å²) < 4.78 is 5.05. The maximum atomic E-state index is 11.5. The minimum absolute atomic E-state index is 0.160. The van der Waals surface area contributed by atoms with E-state index in [9.17, 15) is 15.0 Å². The predicted octanol–water partition coefficient (Wildman–Crippen LogP) is 1.79. The molecule has 2 unspecified atom stereocenters. The van der Waals surface area contributed by atoms with Crippen molar-refractivity contribution in [2.24, 2.45) is 0 Å². The summed E-state index contributed by atoms with van der Waals surface area (Å²) in [5.74, 6) is 0. The van der Waals surface area contributed by atoms with Crippen LogP contribution in [0.4, 0.5) is 4.79 Å². The normalized spacial score (nSPS) is 13.9. The number of amides is 1. The summed E-state index contributed by atoms with van der Waals surface area (Å²) in [5.41, 5.74) is 0.970. The van der Waals surface area contributed by atoms with Gasteiger partial charge >= 0.3 is 6.09 Å². The van der Waals surface area contributed by atoms with Crippen molar-refractivity contribution < 1.29 is 19.7 Å². The van der Waals surface area contributed by atoms with Gasteiger partial charge in [-0.25, -0.2) is 4.79 Å². The summed E-state index contributed by atoms with van der Waals surface area (Å²) in [7, 11) is 0. The number of ether oxygens (including phenoxy) is 1. The molecule has 1 aromatic rings. The number of hydrogen-bond donors (Lipinski definition) is 3. The second-order valence-electron chi connectivity index (χ2n) is 6.08. The average Bonchev–Trinajstić information content (AvgIpc) is 2.42. The first-order valence-corrected chi connectivity index (χ1v) is 6.97. The molecule has 3 N–H and O–H groups in total. The molecule has 120 valence electrons. The van der Waals surface area contributed by atoms with Gasteiger partial charge in [0, 0.05) is 6.54 Å². The lowest BCUT2D eigenvalue weighted by atomic mass is 9.97. The number of nitriles is 1. The molecule has 6 nitrogen and oxygen atoms in total. The van der Waals surface area contributed by atoms with Gasteiger partial charge in [0.1, 0.15) is 17.8 Å². The van der Waals surface area contributed by atoms with E-state index < -0.39 is 23.9 Å². The molecule has 0 aliphatic carbocycles. The molecule has 1 aromatic carbocycles. The molecule has 0 radical (unpaired) electrons. The van der Waals surface area contributed by atoms with Crippen LogP contribution < -0.4 is 5.32 Å². The Balaban J connectivity index is 2.68. The van der Waals surface area contributed by atoms with E-state index in [4.69, 9.17) is 10.00 Å². The van der Waals surface area contributed by atoms with Gasteiger partial charge in [-0.1, -0.05) is 6.07 Å². The van der Waals surface area contributed by atoms with E-state index >= 15 is 0 Å². The highest BCUT2D eigenvalue weighted by Crippen LogP contribution is 2.22. The minimum Gasteiger partial charge on any atom is -0.444 e. The Morgan fingerprint density at radius 2 is 2.05 bits per heavy atom. The van der Waals surface area contributed by atoms with E-state index in [2.05, 4.69) is 5.32 Å². The van der Waals surface area contributed by atoms with Gasteiger partial charge in [0.25, 0.3) is 0 Å². The van der Waals surface area contributed by atoms with Gasteiger partial charge < -0.3 is 20.3 Å². The molecule has 0 spiro atoms. The Hall–Kier alpha value is -2.10. The van der Waals surface area contributed by atoms with E-state index in [1.165, 1.54) is 6.07 Å². The van der Waals surface area contributed by atoms with Crippen molar-refractivity contribution in [2.75, 3.05) is 6.54 Å². The molecule has 0 bridgehead atoms. The first-order chi connectivity index (χ1) is 10.1. The number of nitrogens with zero attached hydrogens (tertiary/aromatic N) is 1. The van der Waals surface area contributed by atoms with E-state index in [1.54, 1.807) is 39.8 Å². The molecular formula is C16H22N2O4. The second kappa shape index (κ2) is 7.25. The Morgan fingerprint density at radius 1 is 1.41 bits per heavy atom. The summed E-state index contributed by atoms with van der Waals surface area (Å²) >= 11 is 0. The van der Waals surface area contributed by atoms with Crippen molar-refractivity contribution in [3.8, 4) is 6.07 Å². The number of rotatable bonds is 4. The summed E-state index contributed by atoms with van der Waals surface area (Å²) in [6.45, 7) is 6.80. The number of benzene rings is 1. The zero-order chi connectivity index (χ0) is 16.9. The lowest BCUT2D eigenvalue weighted by molar-refractivity contribution is 0.0126. The first-order valence-electron chi connectivity index (χ1n) is 6.97. The van der Waals surface area contributed by atoms with E-state index in [0.717, 1.165) is 5.56 Å². The Kier molecular flexibility index (Phi) is 5.92. The molecule has 1 rings (SSSR count).